The smallest absolute Gasteiger partial charge is 0.293 e. The zero-order valence-electron chi connectivity index (χ0n) is 8.17. The van der Waals surface area contributed by atoms with Gasteiger partial charge >= 0.3 is 0 Å². The molecule has 1 aromatic heterocycles. The lowest BCUT2D eigenvalue weighted by Crippen LogP contribution is -2.14. The van der Waals surface area contributed by atoms with E-state index in [1.54, 1.807) is 12.1 Å². The number of carbonyl (C=O) groups excluding carboxylic acids is 1. The highest BCUT2D eigenvalue weighted by Crippen LogP contribution is 2.35. The number of nitrogens with one attached hydrogen (secondary N) is 2. The summed E-state index contributed by atoms with van der Waals surface area (Å²) in [5.41, 5.74) is 0.404. The number of amides is 1. The Labute approximate surface area is 115 Å². The minimum Gasteiger partial charge on any atom is -0.318 e. The molecule has 2 rings (SSSR count). The molecular formula is C9H5BrCl2N4O. The monoisotopic (exact) mass is 334 g/mol. The first kappa shape index (κ1) is 12.3. The molecule has 0 aliphatic rings. The molecule has 0 aliphatic carbocycles. The van der Waals surface area contributed by atoms with Gasteiger partial charge in [0.1, 0.15) is 6.33 Å². The molecule has 5 nitrogen and oxygen atoms in total. The van der Waals surface area contributed by atoms with Crippen LogP contribution in [0, 0.1) is 0 Å². The van der Waals surface area contributed by atoms with Gasteiger partial charge in [0.05, 0.1) is 15.7 Å². The summed E-state index contributed by atoms with van der Waals surface area (Å²) in [5, 5.41) is 9.18. The van der Waals surface area contributed by atoms with Crippen LogP contribution in [-0.2, 0) is 0 Å². The number of benzene rings is 1. The van der Waals surface area contributed by atoms with Gasteiger partial charge in [-0.2, -0.15) is 5.10 Å². The van der Waals surface area contributed by atoms with E-state index in [-0.39, 0.29) is 10.8 Å². The molecule has 88 valence electrons. The molecule has 0 atom stereocenters. The third-order valence-electron chi connectivity index (χ3n) is 1.91. The highest BCUT2D eigenvalue weighted by atomic mass is 79.9. The fourth-order valence-corrected chi connectivity index (χ4v) is 1.94. The van der Waals surface area contributed by atoms with Crippen LogP contribution in [0.5, 0.6) is 0 Å². The lowest BCUT2D eigenvalue weighted by atomic mass is 10.3. The van der Waals surface area contributed by atoms with Gasteiger partial charge < -0.3 is 5.32 Å². The van der Waals surface area contributed by atoms with Gasteiger partial charge in [0.25, 0.3) is 5.91 Å². The van der Waals surface area contributed by atoms with Gasteiger partial charge in [-0.15, -0.1) is 0 Å². The Hall–Kier alpha value is -1.11. The van der Waals surface area contributed by atoms with E-state index in [9.17, 15) is 4.79 Å². The van der Waals surface area contributed by atoms with Crippen LogP contribution in [0.3, 0.4) is 0 Å². The Morgan fingerprint density at radius 2 is 2.12 bits per heavy atom. The Bertz CT molecular complexity index is 558. The highest BCUT2D eigenvalue weighted by Gasteiger charge is 2.13. The van der Waals surface area contributed by atoms with Crippen LogP contribution in [-0.4, -0.2) is 21.1 Å². The molecule has 0 fully saturated rings. The van der Waals surface area contributed by atoms with E-state index in [0.717, 1.165) is 0 Å². The highest BCUT2D eigenvalue weighted by molar-refractivity contribution is 9.10. The van der Waals surface area contributed by atoms with Crippen molar-refractivity contribution >= 4 is 50.7 Å². The van der Waals surface area contributed by atoms with Gasteiger partial charge in [-0.1, -0.05) is 23.2 Å². The van der Waals surface area contributed by atoms with Gasteiger partial charge in [-0.25, -0.2) is 4.98 Å². The first-order valence-electron chi connectivity index (χ1n) is 4.40. The number of carbonyl (C=O) groups is 1. The Balaban J connectivity index is 2.25. The van der Waals surface area contributed by atoms with Crippen molar-refractivity contribution in [2.24, 2.45) is 0 Å². The van der Waals surface area contributed by atoms with Crippen LogP contribution in [0.15, 0.2) is 22.9 Å². The molecule has 1 aromatic carbocycles. The van der Waals surface area contributed by atoms with Gasteiger partial charge in [-0.05, 0) is 28.1 Å². The minimum absolute atomic E-state index is 0.0973. The normalized spacial score (nSPS) is 10.3. The Morgan fingerprint density at radius 3 is 2.76 bits per heavy atom. The molecule has 2 aromatic rings. The zero-order chi connectivity index (χ0) is 12.4. The van der Waals surface area contributed by atoms with Crippen LogP contribution in [0.2, 0.25) is 10.0 Å². The SMILES string of the molecule is O=C(Nc1ccc(Br)c(Cl)c1Cl)c1ncn[nH]1. The van der Waals surface area contributed by atoms with Crippen LogP contribution >= 0.6 is 39.1 Å². The summed E-state index contributed by atoms with van der Waals surface area (Å²) < 4.78 is 0.654. The lowest BCUT2D eigenvalue weighted by molar-refractivity contribution is 0.101. The van der Waals surface area contributed by atoms with Crippen molar-refractivity contribution in [1.29, 1.82) is 0 Å². The maximum Gasteiger partial charge on any atom is 0.293 e. The molecule has 0 bridgehead atoms. The number of nitrogens with zero attached hydrogens (tertiary/aromatic N) is 2. The third-order valence-corrected chi connectivity index (χ3v) is 3.68. The first-order chi connectivity index (χ1) is 8.09. The number of hydrogen-bond acceptors (Lipinski definition) is 3. The van der Waals surface area contributed by atoms with Crippen molar-refractivity contribution in [1.82, 2.24) is 15.2 Å². The quantitative estimate of drug-likeness (QED) is 0.828. The second-order valence-electron chi connectivity index (χ2n) is 3.01. The van der Waals surface area contributed by atoms with E-state index in [0.29, 0.717) is 15.2 Å². The second kappa shape index (κ2) is 5.03. The number of aromatic amines is 1. The van der Waals surface area contributed by atoms with Gasteiger partial charge in [0, 0.05) is 4.47 Å². The summed E-state index contributed by atoms with van der Waals surface area (Å²) in [6.07, 6.45) is 1.24. The van der Waals surface area contributed by atoms with E-state index in [2.05, 4.69) is 36.4 Å². The first-order valence-corrected chi connectivity index (χ1v) is 5.94. The van der Waals surface area contributed by atoms with Crippen LogP contribution in [0.1, 0.15) is 10.6 Å². The van der Waals surface area contributed by atoms with E-state index >= 15 is 0 Å². The summed E-state index contributed by atoms with van der Waals surface area (Å²) in [7, 11) is 0. The van der Waals surface area contributed by atoms with E-state index in [4.69, 9.17) is 23.2 Å². The number of H-pyrrole nitrogens is 1. The molecule has 17 heavy (non-hydrogen) atoms. The molecule has 1 heterocycles. The summed E-state index contributed by atoms with van der Waals surface area (Å²) in [4.78, 5) is 15.4. The maximum absolute atomic E-state index is 11.7. The Morgan fingerprint density at radius 1 is 1.35 bits per heavy atom. The summed E-state index contributed by atoms with van der Waals surface area (Å²) in [6, 6.07) is 3.32. The van der Waals surface area contributed by atoms with Crippen molar-refractivity contribution in [3.8, 4) is 0 Å². The summed E-state index contributed by atoms with van der Waals surface area (Å²) in [6.45, 7) is 0. The summed E-state index contributed by atoms with van der Waals surface area (Å²) in [5.74, 6) is -0.345. The minimum atomic E-state index is -0.442. The third kappa shape index (κ3) is 2.59. The fourth-order valence-electron chi connectivity index (χ4n) is 1.12. The van der Waals surface area contributed by atoms with Crippen molar-refractivity contribution < 1.29 is 4.79 Å². The zero-order valence-corrected chi connectivity index (χ0v) is 11.3. The molecule has 8 heteroatoms. The molecule has 0 aliphatic heterocycles. The molecule has 0 spiro atoms. The van der Waals surface area contributed by atoms with Gasteiger partial charge in [0.2, 0.25) is 5.82 Å². The number of hydrogen-bond donors (Lipinski definition) is 2. The van der Waals surface area contributed by atoms with Crippen molar-refractivity contribution in [2.75, 3.05) is 5.32 Å². The molecule has 0 saturated heterocycles. The lowest BCUT2D eigenvalue weighted by Gasteiger charge is -2.07. The summed E-state index contributed by atoms with van der Waals surface area (Å²) >= 11 is 15.1. The predicted molar refractivity (Wildman–Crippen MR) is 68.5 cm³/mol. The number of aromatic nitrogens is 3. The van der Waals surface area contributed by atoms with Crippen molar-refractivity contribution in [3.63, 3.8) is 0 Å². The molecule has 0 radical (unpaired) electrons. The molecular weight excluding hydrogens is 331 g/mol. The average Bonchev–Trinajstić information content (AvgIpc) is 2.83. The van der Waals surface area contributed by atoms with E-state index in [1.807, 2.05) is 0 Å². The van der Waals surface area contributed by atoms with Crippen LogP contribution in [0.25, 0.3) is 0 Å². The van der Waals surface area contributed by atoms with Crippen molar-refractivity contribution in [3.05, 3.63) is 38.8 Å². The van der Waals surface area contributed by atoms with Crippen LogP contribution in [0.4, 0.5) is 5.69 Å². The number of rotatable bonds is 2. The molecule has 0 saturated carbocycles. The number of anilines is 1. The van der Waals surface area contributed by atoms with Crippen LogP contribution < -0.4 is 5.32 Å². The Kier molecular flexibility index (Phi) is 3.66. The molecule has 2 N–H and O–H groups in total. The molecule has 1 amide bonds. The second-order valence-corrected chi connectivity index (χ2v) is 4.62. The van der Waals surface area contributed by atoms with Gasteiger partial charge in [0.15, 0.2) is 0 Å². The van der Waals surface area contributed by atoms with E-state index in [1.165, 1.54) is 6.33 Å². The predicted octanol–water partition coefficient (Wildman–Crippen LogP) is 3.13. The van der Waals surface area contributed by atoms with E-state index < -0.39 is 5.91 Å². The largest absolute Gasteiger partial charge is 0.318 e. The number of halogens is 3. The van der Waals surface area contributed by atoms with Crippen molar-refractivity contribution in [2.45, 2.75) is 0 Å². The molecule has 0 unspecified atom stereocenters. The average molecular weight is 336 g/mol. The maximum atomic E-state index is 11.7. The standard InChI is InChI=1S/C9H5BrCl2N4O/c10-4-1-2-5(7(12)6(4)11)15-9(17)8-13-3-14-16-8/h1-3H,(H,15,17)(H,13,14,16). The topological polar surface area (TPSA) is 70.7 Å². The van der Waals surface area contributed by atoms with Gasteiger partial charge in [-0.3, -0.25) is 9.89 Å². The fraction of sp³-hybridized carbons (Fsp3) is 0.